The Hall–Kier alpha value is -4.43. The summed E-state index contributed by atoms with van der Waals surface area (Å²) in [4.78, 5) is 26.0. The molecule has 43 heavy (non-hydrogen) atoms. The van der Waals surface area contributed by atoms with Gasteiger partial charge in [-0.05, 0) is 30.7 Å². The Morgan fingerprint density at radius 1 is 1.09 bits per heavy atom. The second kappa shape index (κ2) is 10.4. The summed E-state index contributed by atoms with van der Waals surface area (Å²) in [7, 11) is 1.61. The van der Waals surface area contributed by atoms with E-state index in [2.05, 4.69) is 9.97 Å². The van der Waals surface area contributed by atoms with E-state index in [1.807, 2.05) is 28.8 Å². The van der Waals surface area contributed by atoms with Gasteiger partial charge < -0.3 is 28.6 Å². The van der Waals surface area contributed by atoms with E-state index in [9.17, 15) is 23.1 Å². The molecule has 2 aliphatic heterocycles. The first-order chi connectivity index (χ1) is 20.7. The van der Waals surface area contributed by atoms with Crippen molar-refractivity contribution >= 4 is 44.9 Å². The molecule has 0 saturated carbocycles. The van der Waals surface area contributed by atoms with Gasteiger partial charge >= 0.3 is 12.1 Å². The number of fused-ring (bicyclic) bond motifs is 4. The standard InChI is InChI=1S/C29H26F3N5O6/c1-40-22-14-41-11-10-19(22)37-18-8-4-3-7-17(18)33-28(37)42-15-12-20(26(38)39)36(13-15)25-24-23(34-27(35-25)29(30,31)32)16-6-2-5-9-21(16)43-24/h2-9,15,19-20,22H,10-14H2,1H3,(H,38,39)/t15-,19-,20-,22-/m0/s1. The third-order valence-corrected chi connectivity index (χ3v) is 8.01. The van der Waals surface area contributed by atoms with Gasteiger partial charge in [-0.15, -0.1) is 0 Å². The molecule has 4 atom stereocenters. The molecule has 2 aliphatic rings. The van der Waals surface area contributed by atoms with Crippen LogP contribution in [0.15, 0.2) is 52.9 Å². The molecule has 5 aromatic rings. The number of methoxy groups -OCH3 is 1. The molecule has 7 rings (SSSR count). The zero-order valence-corrected chi connectivity index (χ0v) is 22.8. The zero-order valence-electron chi connectivity index (χ0n) is 22.8. The second-order valence-electron chi connectivity index (χ2n) is 10.6. The van der Waals surface area contributed by atoms with Crippen LogP contribution in [0.3, 0.4) is 0 Å². The summed E-state index contributed by atoms with van der Waals surface area (Å²) in [6.45, 7) is 0.813. The van der Waals surface area contributed by atoms with Gasteiger partial charge in [0.05, 0.1) is 30.2 Å². The molecule has 0 unspecified atom stereocenters. The van der Waals surface area contributed by atoms with E-state index in [1.165, 1.54) is 4.90 Å². The number of imidazole rings is 1. The first kappa shape index (κ1) is 27.4. The van der Waals surface area contributed by atoms with Gasteiger partial charge in [-0.25, -0.2) is 14.8 Å². The minimum absolute atomic E-state index is 0.0292. The van der Waals surface area contributed by atoms with Crippen molar-refractivity contribution in [2.24, 2.45) is 0 Å². The number of rotatable bonds is 6. The van der Waals surface area contributed by atoms with Crippen molar-refractivity contribution in [2.45, 2.75) is 43.3 Å². The third-order valence-electron chi connectivity index (χ3n) is 8.01. The number of para-hydroxylation sites is 3. The van der Waals surface area contributed by atoms with Gasteiger partial charge in [-0.1, -0.05) is 24.3 Å². The van der Waals surface area contributed by atoms with Gasteiger partial charge in [-0.2, -0.15) is 18.2 Å². The van der Waals surface area contributed by atoms with Gasteiger partial charge in [0.15, 0.2) is 11.4 Å². The number of hydrogen-bond acceptors (Lipinski definition) is 9. The van der Waals surface area contributed by atoms with Crippen LogP contribution in [-0.2, 0) is 20.4 Å². The van der Waals surface area contributed by atoms with Crippen LogP contribution in [0.4, 0.5) is 19.0 Å². The second-order valence-corrected chi connectivity index (χ2v) is 10.6. The molecule has 11 nitrogen and oxygen atoms in total. The van der Waals surface area contributed by atoms with Crippen LogP contribution >= 0.6 is 0 Å². The van der Waals surface area contributed by atoms with Crippen LogP contribution in [0.25, 0.3) is 33.1 Å². The van der Waals surface area contributed by atoms with Crippen LogP contribution in [0.2, 0.25) is 0 Å². The lowest BCUT2D eigenvalue weighted by molar-refractivity contribution is -0.144. The highest BCUT2D eigenvalue weighted by atomic mass is 19.4. The van der Waals surface area contributed by atoms with Crippen molar-refractivity contribution < 1.29 is 41.7 Å². The number of halogens is 3. The lowest BCUT2D eigenvalue weighted by Crippen LogP contribution is -2.37. The molecular weight excluding hydrogens is 571 g/mol. The fourth-order valence-electron chi connectivity index (χ4n) is 6.04. The first-order valence-corrected chi connectivity index (χ1v) is 13.7. The van der Waals surface area contributed by atoms with E-state index in [1.54, 1.807) is 31.4 Å². The summed E-state index contributed by atoms with van der Waals surface area (Å²) < 4.78 is 67.4. The lowest BCUT2D eigenvalue weighted by atomic mass is 10.1. The van der Waals surface area contributed by atoms with E-state index < -0.39 is 30.1 Å². The van der Waals surface area contributed by atoms with Gasteiger partial charge in [0.25, 0.3) is 6.01 Å². The molecular formula is C29H26F3N5O6. The number of anilines is 1. The summed E-state index contributed by atoms with van der Waals surface area (Å²) in [6, 6.07) is 12.9. The Balaban J connectivity index is 1.30. The summed E-state index contributed by atoms with van der Waals surface area (Å²) >= 11 is 0. The predicted octanol–water partition coefficient (Wildman–Crippen LogP) is 4.83. The Morgan fingerprint density at radius 2 is 1.88 bits per heavy atom. The van der Waals surface area contributed by atoms with Crippen molar-refractivity contribution in [3.05, 3.63) is 54.4 Å². The minimum Gasteiger partial charge on any atom is -0.480 e. The fourth-order valence-corrected chi connectivity index (χ4v) is 6.04. The molecule has 2 fully saturated rings. The van der Waals surface area contributed by atoms with Crippen LogP contribution in [0, 0.1) is 0 Å². The molecule has 0 bridgehead atoms. The Kier molecular flexibility index (Phi) is 6.62. The van der Waals surface area contributed by atoms with E-state index in [0.717, 1.165) is 5.52 Å². The van der Waals surface area contributed by atoms with Crippen LogP contribution in [-0.4, -0.2) is 75.7 Å². The number of carbonyl (C=O) groups is 1. The number of carboxylic acids is 1. The number of benzene rings is 2. The normalized spacial score (nSPS) is 23.0. The van der Waals surface area contributed by atoms with Gasteiger partial charge in [0, 0.05) is 25.5 Å². The van der Waals surface area contributed by atoms with Gasteiger partial charge in [-0.3, -0.25) is 4.57 Å². The zero-order chi connectivity index (χ0) is 29.9. The van der Waals surface area contributed by atoms with E-state index >= 15 is 0 Å². The molecule has 0 amide bonds. The number of aliphatic carboxylic acids is 1. The monoisotopic (exact) mass is 597 g/mol. The van der Waals surface area contributed by atoms with Crippen LogP contribution in [0.5, 0.6) is 6.01 Å². The highest BCUT2D eigenvalue weighted by molar-refractivity contribution is 6.06. The Morgan fingerprint density at radius 3 is 2.67 bits per heavy atom. The van der Waals surface area contributed by atoms with E-state index in [4.69, 9.17) is 23.6 Å². The van der Waals surface area contributed by atoms with Crippen molar-refractivity contribution in [2.75, 3.05) is 31.8 Å². The number of alkyl halides is 3. The molecule has 2 aromatic carbocycles. The van der Waals surface area contributed by atoms with Crippen LogP contribution in [0.1, 0.15) is 24.7 Å². The number of furan rings is 1. The quantitative estimate of drug-likeness (QED) is 0.291. The van der Waals surface area contributed by atoms with Gasteiger partial charge in [0.1, 0.15) is 29.3 Å². The fraction of sp³-hybridized carbons (Fsp3) is 0.379. The topological polar surface area (TPSA) is 125 Å². The van der Waals surface area contributed by atoms with Crippen molar-refractivity contribution in [3.8, 4) is 6.01 Å². The van der Waals surface area contributed by atoms with Crippen molar-refractivity contribution in [1.29, 1.82) is 0 Å². The number of aromatic nitrogens is 4. The molecule has 0 spiro atoms. The number of nitrogens with zero attached hydrogens (tertiary/aromatic N) is 5. The maximum Gasteiger partial charge on any atom is 0.451 e. The molecule has 0 radical (unpaired) electrons. The molecule has 224 valence electrons. The number of carboxylic acid groups (broad SMARTS) is 1. The molecule has 2 saturated heterocycles. The maximum atomic E-state index is 13.9. The summed E-state index contributed by atoms with van der Waals surface area (Å²) in [6.07, 6.45) is -5.30. The lowest BCUT2D eigenvalue weighted by Gasteiger charge is -2.32. The van der Waals surface area contributed by atoms with Crippen molar-refractivity contribution in [1.82, 2.24) is 19.5 Å². The Labute approximate surface area is 241 Å². The molecule has 1 N–H and O–H groups in total. The first-order valence-electron chi connectivity index (χ1n) is 13.7. The average Bonchev–Trinajstić information content (AvgIpc) is 3.69. The van der Waals surface area contributed by atoms with E-state index in [0.29, 0.717) is 36.1 Å². The smallest absolute Gasteiger partial charge is 0.451 e. The largest absolute Gasteiger partial charge is 0.480 e. The minimum atomic E-state index is -4.87. The SMILES string of the molecule is CO[C@H]1COCC[C@@H]1n1c(O[C@H]2C[C@@H](C(=O)O)N(c3nc(C(F)(F)F)nc4c3oc3ccccc34)C2)nc2ccccc21. The third kappa shape index (κ3) is 4.70. The highest BCUT2D eigenvalue weighted by Gasteiger charge is 2.44. The predicted molar refractivity (Wildman–Crippen MR) is 147 cm³/mol. The average molecular weight is 598 g/mol. The van der Waals surface area contributed by atoms with E-state index in [-0.39, 0.29) is 48.0 Å². The Bertz CT molecular complexity index is 1840. The number of ether oxygens (including phenoxy) is 3. The molecule has 0 aliphatic carbocycles. The summed E-state index contributed by atoms with van der Waals surface area (Å²) in [5.41, 5.74) is 1.72. The highest BCUT2D eigenvalue weighted by Crippen LogP contribution is 2.40. The summed E-state index contributed by atoms with van der Waals surface area (Å²) in [5, 5.41) is 10.5. The van der Waals surface area contributed by atoms with Gasteiger partial charge in [0.2, 0.25) is 5.82 Å². The summed E-state index contributed by atoms with van der Waals surface area (Å²) in [5.74, 6) is -2.88. The van der Waals surface area contributed by atoms with Crippen LogP contribution < -0.4 is 9.64 Å². The molecule has 14 heteroatoms. The van der Waals surface area contributed by atoms with Crippen molar-refractivity contribution in [3.63, 3.8) is 0 Å². The maximum absolute atomic E-state index is 13.9. The molecule has 3 aromatic heterocycles. The molecule has 5 heterocycles. The number of hydrogen-bond donors (Lipinski definition) is 1.